The Morgan fingerprint density at radius 2 is 2.47 bits per heavy atom. The van der Waals surface area contributed by atoms with Crippen molar-refractivity contribution in [3.8, 4) is 0 Å². The summed E-state index contributed by atoms with van der Waals surface area (Å²) >= 11 is 4.19. The summed E-state index contributed by atoms with van der Waals surface area (Å²) in [6.07, 6.45) is 3.04. The van der Waals surface area contributed by atoms with Crippen LogP contribution in [0.1, 0.15) is 19.0 Å². The highest BCUT2D eigenvalue weighted by Crippen LogP contribution is 2.23. The Balaban J connectivity index is 1.71. The quantitative estimate of drug-likeness (QED) is 0.859. The van der Waals surface area contributed by atoms with Crippen LogP contribution in [-0.2, 0) is 13.1 Å². The van der Waals surface area contributed by atoms with Gasteiger partial charge in [-0.2, -0.15) is 28.6 Å². The van der Waals surface area contributed by atoms with Crippen molar-refractivity contribution >= 4 is 23.5 Å². The van der Waals surface area contributed by atoms with E-state index < -0.39 is 0 Å². The second kappa shape index (κ2) is 7.34. The van der Waals surface area contributed by atoms with E-state index in [0.717, 1.165) is 31.3 Å². The van der Waals surface area contributed by atoms with E-state index in [-0.39, 0.29) is 0 Å². The molecule has 17 heavy (non-hydrogen) atoms. The molecule has 1 atom stereocenters. The van der Waals surface area contributed by atoms with E-state index in [4.69, 9.17) is 0 Å². The highest BCUT2D eigenvalue weighted by Gasteiger charge is 2.13. The van der Waals surface area contributed by atoms with Gasteiger partial charge in [0.2, 0.25) is 0 Å². The molecule has 2 rings (SSSR count). The molecule has 1 aromatic rings. The molecule has 0 saturated carbocycles. The molecule has 1 aliphatic heterocycles. The molecular weight excluding hydrogens is 250 g/mol. The topological polar surface area (TPSA) is 29.9 Å². The molecule has 96 valence electrons. The molecule has 1 aliphatic rings. The van der Waals surface area contributed by atoms with E-state index in [2.05, 4.69) is 51.6 Å². The SMILES string of the molecule is CCCn1nccc1CNCC1CSCCS1. The van der Waals surface area contributed by atoms with Gasteiger partial charge in [-0.15, -0.1) is 0 Å². The minimum absolute atomic E-state index is 0.788. The monoisotopic (exact) mass is 271 g/mol. The van der Waals surface area contributed by atoms with Crippen LogP contribution in [0.3, 0.4) is 0 Å². The molecule has 3 nitrogen and oxygen atoms in total. The third kappa shape index (κ3) is 4.23. The molecule has 0 amide bonds. The minimum atomic E-state index is 0.788. The van der Waals surface area contributed by atoms with Gasteiger partial charge >= 0.3 is 0 Å². The molecule has 0 spiro atoms. The predicted octanol–water partition coefficient (Wildman–Crippen LogP) is 2.23. The van der Waals surface area contributed by atoms with E-state index in [1.807, 2.05) is 6.20 Å². The van der Waals surface area contributed by atoms with Gasteiger partial charge in [0, 0.05) is 48.3 Å². The van der Waals surface area contributed by atoms with Crippen LogP contribution in [0.4, 0.5) is 0 Å². The molecule has 0 bridgehead atoms. The van der Waals surface area contributed by atoms with Crippen LogP contribution < -0.4 is 5.32 Å². The van der Waals surface area contributed by atoms with Crippen LogP contribution in [-0.4, -0.2) is 38.8 Å². The number of nitrogens with one attached hydrogen (secondary N) is 1. The lowest BCUT2D eigenvalue weighted by atomic mass is 10.3. The summed E-state index contributed by atoms with van der Waals surface area (Å²) in [5.41, 5.74) is 1.31. The standard InChI is InChI=1S/C12H21N3S2/c1-2-5-15-11(3-4-14-15)8-13-9-12-10-16-6-7-17-12/h3-4,12-13H,2,5-10H2,1H3. The van der Waals surface area contributed by atoms with Crippen LogP contribution in [0.25, 0.3) is 0 Å². The number of thioether (sulfide) groups is 2. The van der Waals surface area contributed by atoms with Crippen LogP contribution in [0.2, 0.25) is 0 Å². The summed E-state index contributed by atoms with van der Waals surface area (Å²) in [7, 11) is 0. The van der Waals surface area contributed by atoms with Crippen molar-refractivity contribution in [3.63, 3.8) is 0 Å². The van der Waals surface area contributed by atoms with Crippen molar-refractivity contribution < 1.29 is 0 Å². The van der Waals surface area contributed by atoms with E-state index in [1.165, 1.54) is 23.0 Å². The highest BCUT2D eigenvalue weighted by atomic mass is 32.2. The van der Waals surface area contributed by atoms with Gasteiger partial charge in [-0.3, -0.25) is 4.68 Å². The maximum atomic E-state index is 4.34. The number of hydrogen-bond acceptors (Lipinski definition) is 4. The lowest BCUT2D eigenvalue weighted by Gasteiger charge is -2.21. The van der Waals surface area contributed by atoms with Gasteiger partial charge in [0.25, 0.3) is 0 Å². The highest BCUT2D eigenvalue weighted by molar-refractivity contribution is 8.06. The third-order valence-electron chi connectivity index (χ3n) is 2.80. The second-order valence-electron chi connectivity index (χ2n) is 4.24. The summed E-state index contributed by atoms with van der Waals surface area (Å²) in [5.74, 6) is 3.93. The molecule has 0 radical (unpaired) electrons. The predicted molar refractivity (Wildman–Crippen MR) is 77.8 cm³/mol. The van der Waals surface area contributed by atoms with Crippen molar-refractivity contribution in [3.05, 3.63) is 18.0 Å². The van der Waals surface area contributed by atoms with E-state index in [0.29, 0.717) is 0 Å². The average Bonchev–Trinajstić information content (AvgIpc) is 2.79. The van der Waals surface area contributed by atoms with E-state index in [9.17, 15) is 0 Å². The number of hydrogen-bond donors (Lipinski definition) is 1. The Morgan fingerprint density at radius 1 is 1.53 bits per heavy atom. The lowest BCUT2D eigenvalue weighted by Crippen LogP contribution is -2.29. The summed E-state index contributed by atoms with van der Waals surface area (Å²) in [6, 6.07) is 2.12. The van der Waals surface area contributed by atoms with Gasteiger partial charge in [0.05, 0.1) is 5.69 Å². The van der Waals surface area contributed by atoms with E-state index in [1.54, 1.807) is 0 Å². The molecule has 5 heteroatoms. The van der Waals surface area contributed by atoms with Gasteiger partial charge in [0.15, 0.2) is 0 Å². The first kappa shape index (κ1) is 13.3. The Kier molecular flexibility index (Phi) is 5.74. The molecule has 1 aromatic heterocycles. The smallest absolute Gasteiger partial charge is 0.0522 e. The maximum Gasteiger partial charge on any atom is 0.0522 e. The van der Waals surface area contributed by atoms with Crippen LogP contribution in [0.5, 0.6) is 0 Å². The first-order valence-electron chi connectivity index (χ1n) is 6.31. The molecule has 2 heterocycles. The number of nitrogens with zero attached hydrogens (tertiary/aromatic N) is 2. The summed E-state index contributed by atoms with van der Waals surface area (Å²) < 4.78 is 2.11. The van der Waals surface area contributed by atoms with Crippen LogP contribution >= 0.6 is 23.5 Å². The average molecular weight is 271 g/mol. The van der Waals surface area contributed by atoms with Crippen molar-refractivity contribution in [1.29, 1.82) is 0 Å². The fourth-order valence-electron chi connectivity index (χ4n) is 1.94. The van der Waals surface area contributed by atoms with Gasteiger partial charge in [-0.05, 0) is 12.5 Å². The molecular formula is C12H21N3S2. The summed E-state index contributed by atoms with van der Waals surface area (Å²) in [6.45, 7) is 5.28. The van der Waals surface area contributed by atoms with Crippen LogP contribution in [0, 0.1) is 0 Å². The Bertz CT molecular complexity index is 321. The maximum absolute atomic E-state index is 4.34. The van der Waals surface area contributed by atoms with Gasteiger partial charge in [-0.25, -0.2) is 0 Å². The minimum Gasteiger partial charge on any atom is -0.310 e. The van der Waals surface area contributed by atoms with Crippen molar-refractivity contribution in [2.75, 3.05) is 23.8 Å². The zero-order valence-corrected chi connectivity index (χ0v) is 12.0. The normalized spacial score (nSPS) is 20.6. The molecule has 0 aromatic carbocycles. The molecule has 0 aliphatic carbocycles. The second-order valence-corrected chi connectivity index (χ2v) is 6.80. The van der Waals surface area contributed by atoms with Crippen molar-refractivity contribution in [2.24, 2.45) is 0 Å². The largest absolute Gasteiger partial charge is 0.310 e. The van der Waals surface area contributed by atoms with Crippen molar-refractivity contribution in [2.45, 2.75) is 31.7 Å². The number of aryl methyl sites for hydroxylation is 1. The third-order valence-corrected chi connectivity index (χ3v) is 5.65. The van der Waals surface area contributed by atoms with Gasteiger partial charge in [-0.1, -0.05) is 6.92 Å². The van der Waals surface area contributed by atoms with Crippen LogP contribution in [0.15, 0.2) is 12.3 Å². The zero-order valence-electron chi connectivity index (χ0n) is 10.4. The fraction of sp³-hybridized carbons (Fsp3) is 0.750. The van der Waals surface area contributed by atoms with Gasteiger partial charge < -0.3 is 5.32 Å². The summed E-state index contributed by atoms with van der Waals surface area (Å²) in [5, 5.41) is 8.69. The fourth-order valence-corrected chi connectivity index (χ4v) is 4.59. The molecule has 1 fully saturated rings. The number of aromatic nitrogens is 2. The molecule has 1 saturated heterocycles. The van der Waals surface area contributed by atoms with Gasteiger partial charge in [0.1, 0.15) is 0 Å². The summed E-state index contributed by atoms with van der Waals surface area (Å²) in [4.78, 5) is 0. The Morgan fingerprint density at radius 3 is 3.24 bits per heavy atom. The number of rotatable bonds is 6. The molecule has 1 unspecified atom stereocenters. The van der Waals surface area contributed by atoms with Crippen molar-refractivity contribution in [1.82, 2.24) is 15.1 Å². The zero-order chi connectivity index (χ0) is 11.9. The first-order chi connectivity index (χ1) is 8.40. The molecule has 1 N–H and O–H groups in total. The van der Waals surface area contributed by atoms with E-state index >= 15 is 0 Å². The first-order valence-corrected chi connectivity index (χ1v) is 8.51. The Hall–Kier alpha value is -0.130. The Labute approximate surface area is 112 Å². The lowest BCUT2D eigenvalue weighted by molar-refractivity contribution is 0.550.